The predicted octanol–water partition coefficient (Wildman–Crippen LogP) is 2.91. The predicted molar refractivity (Wildman–Crippen MR) is 87.9 cm³/mol. The van der Waals surface area contributed by atoms with Crippen molar-refractivity contribution in [2.24, 2.45) is 0 Å². The van der Waals surface area contributed by atoms with Gasteiger partial charge in [-0.25, -0.2) is 8.42 Å². The molecule has 0 heterocycles. The second kappa shape index (κ2) is 6.82. The monoisotopic (exact) mass is 348 g/mol. The molecule has 0 aliphatic carbocycles. The first-order valence-electron chi connectivity index (χ1n) is 6.63. The van der Waals surface area contributed by atoms with Crippen LogP contribution in [0.25, 0.3) is 0 Å². The molecule has 2 aromatic carbocycles. The molecule has 0 saturated heterocycles. The lowest BCUT2D eigenvalue weighted by molar-refractivity contribution is -0.106. The number of aldehydes is 1. The van der Waals surface area contributed by atoms with Crippen LogP contribution in [-0.2, 0) is 14.8 Å². The Bertz CT molecular complexity index is 871. The summed E-state index contributed by atoms with van der Waals surface area (Å²) < 4.78 is 26.7. The van der Waals surface area contributed by atoms with Crippen molar-refractivity contribution in [3.63, 3.8) is 0 Å². The maximum atomic E-state index is 12.8. The summed E-state index contributed by atoms with van der Waals surface area (Å²) in [6, 6.07) is 12.3. The first-order chi connectivity index (χ1) is 10.9. The van der Waals surface area contributed by atoms with Crippen molar-refractivity contribution < 1.29 is 13.2 Å². The third kappa shape index (κ3) is 3.36. The number of halogens is 1. The number of hydrogen-bond acceptors (Lipinski definition) is 4. The molecule has 0 atom stereocenters. The number of carbonyl (C=O) groups is 1. The van der Waals surface area contributed by atoms with E-state index in [2.05, 4.69) is 0 Å². The molecule has 2 rings (SSSR count). The molecule has 118 valence electrons. The molecule has 0 amide bonds. The Hall–Kier alpha value is -2.36. The van der Waals surface area contributed by atoms with Crippen LogP contribution in [0.2, 0.25) is 5.02 Å². The minimum absolute atomic E-state index is 0.00211. The fraction of sp³-hybridized carbons (Fsp3) is 0.125. The van der Waals surface area contributed by atoms with Gasteiger partial charge < -0.3 is 4.79 Å². The molecule has 7 heteroatoms. The second-order valence-electron chi connectivity index (χ2n) is 4.72. The Labute approximate surface area is 139 Å². The number of benzene rings is 2. The number of hydrogen-bond donors (Lipinski definition) is 0. The number of nitrogens with zero attached hydrogens (tertiary/aromatic N) is 2. The highest BCUT2D eigenvalue weighted by molar-refractivity contribution is 7.92. The van der Waals surface area contributed by atoms with E-state index in [1.54, 1.807) is 25.1 Å². The number of rotatable bonds is 5. The lowest BCUT2D eigenvalue weighted by Gasteiger charge is -2.24. The molecule has 2 aromatic rings. The molecule has 0 N–H and O–H groups in total. The van der Waals surface area contributed by atoms with Gasteiger partial charge in [-0.1, -0.05) is 17.7 Å². The summed E-state index contributed by atoms with van der Waals surface area (Å²) in [5.41, 5.74) is 1.26. The summed E-state index contributed by atoms with van der Waals surface area (Å²) in [6.07, 6.45) is 0.515. The van der Waals surface area contributed by atoms with Gasteiger partial charge >= 0.3 is 0 Å². The van der Waals surface area contributed by atoms with E-state index in [1.807, 2.05) is 6.07 Å². The third-order valence-electron chi connectivity index (χ3n) is 3.32. The largest absolute Gasteiger partial charge is 0.301 e. The highest BCUT2D eigenvalue weighted by Gasteiger charge is 2.26. The van der Waals surface area contributed by atoms with Crippen LogP contribution in [0, 0.1) is 18.3 Å². The zero-order chi connectivity index (χ0) is 17.0. The average molecular weight is 349 g/mol. The van der Waals surface area contributed by atoms with E-state index in [4.69, 9.17) is 16.9 Å². The zero-order valence-electron chi connectivity index (χ0n) is 12.2. The van der Waals surface area contributed by atoms with Gasteiger partial charge in [0.2, 0.25) is 0 Å². The van der Waals surface area contributed by atoms with E-state index in [0.29, 0.717) is 28.1 Å². The minimum atomic E-state index is -3.95. The normalized spacial score (nSPS) is 10.8. The Kier molecular flexibility index (Phi) is 5.04. The molecule has 0 saturated carbocycles. The van der Waals surface area contributed by atoms with Crippen LogP contribution < -0.4 is 4.31 Å². The molecular weight excluding hydrogens is 336 g/mol. The maximum absolute atomic E-state index is 12.8. The van der Waals surface area contributed by atoms with Crippen LogP contribution in [-0.4, -0.2) is 21.2 Å². The van der Waals surface area contributed by atoms with Gasteiger partial charge in [-0.3, -0.25) is 4.31 Å². The standard InChI is InChI=1S/C16H13ClN2O3S/c1-12-15(17)3-2-4-16(12)19(9-10-20)23(21,22)14-7-5-13(11-18)6-8-14/h2-8,10H,9H2,1H3. The molecular formula is C16H13ClN2O3S. The van der Waals surface area contributed by atoms with Gasteiger partial charge in [-0.2, -0.15) is 5.26 Å². The van der Waals surface area contributed by atoms with Crippen LogP contribution in [0.1, 0.15) is 11.1 Å². The van der Waals surface area contributed by atoms with Crippen molar-refractivity contribution in [2.75, 3.05) is 10.8 Å². The van der Waals surface area contributed by atoms with Crippen LogP contribution in [0.3, 0.4) is 0 Å². The fourth-order valence-corrected chi connectivity index (χ4v) is 3.71. The van der Waals surface area contributed by atoms with Crippen molar-refractivity contribution in [3.05, 3.63) is 58.6 Å². The Balaban J connectivity index is 2.57. The van der Waals surface area contributed by atoms with Gasteiger partial charge in [0.15, 0.2) is 0 Å². The summed E-state index contributed by atoms with van der Waals surface area (Å²) in [7, 11) is -3.95. The number of carbonyl (C=O) groups excluding carboxylic acids is 1. The van der Waals surface area contributed by atoms with Crippen LogP contribution in [0.15, 0.2) is 47.4 Å². The Morgan fingerprint density at radius 2 is 1.87 bits per heavy atom. The van der Waals surface area contributed by atoms with E-state index in [0.717, 1.165) is 4.31 Å². The highest BCUT2D eigenvalue weighted by Crippen LogP contribution is 2.30. The molecule has 23 heavy (non-hydrogen) atoms. The van der Waals surface area contributed by atoms with Crippen molar-refractivity contribution >= 4 is 33.6 Å². The van der Waals surface area contributed by atoms with Gasteiger partial charge in [-0.15, -0.1) is 0 Å². The lowest BCUT2D eigenvalue weighted by Crippen LogP contribution is -2.33. The molecule has 0 radical (unpaired) electrons. The first kappa shape index (κ1) is 17.0. The number of anilines is 1. The van der Waals surface area contributed by atoms with E-state index in [-0.39, 0.29) is 11.4 Å². The summed E-state index contributed by atoms with van der Waals surface area (Å²) in [5.74, 6) is 0. The molecule has 0 fully saturated rings. The molecule has 0 aliphatic rings. The smallest absolute Gasteiger partial charge is 0.264 e. The number of sulfonamides is 1. The van der Waals surface area contributed by atoms with Gasteiger partial charge in [0.1, 0.15) is 6.29 Å². The van der Waals surface area contributed by atoms with Crippen LogP contribution in [0.4, 0.5) is 5.69 Å². The minimum Gasteiger partial charge on any atom is -0.301 e. The molecule has 0 aromatic heterocycles. The maximum Gasteiger partial charge on any atom is 0.264 e. The Morgan fingerprint density at radius 3 is 2.43 bits per heavy atom. The molecule has 0 bridgehead atoms. The van der Waals surface area contributed by atoms with Crippen molar-refractivity contribution in [1.82, 2.24) is 0 Å². The lowest BCUT2D eigenvalue weighted by atomic mass is 10.2. The van der Waals surface area contributed by atoms with E-state index < -0.39 is 10.0 Å². The Morgan fingerprint density at radius 1 is 1.22 bits per heavy atom. The van der Waals surface area contributed by atoms with Gasteiger partial charge in [0.25, 0.3) is 10.0 Å². The van der Waals surface area contributed by atoms with Crippen molar-refractivity contribution in [3.8, 4) is 6.07 Å². The average Bonchev–Trinajstić information content (AvgIpc) is 2.55. The van der Waals surface area contributed by atoms with E-state index >= 15 is 0 Å². The number of nitriles is 1. The highest BCUT2D eigenvalue weighted by atomic mass is 35.5. The summed E-state index contributed by atoms with van der Waals surface area (Å²) in [5, 5.41) is 9.21. The van der Waals surface area contributed by atoms with Gasteiger partial charge in [0.05, 0.1) is 28.8 Å². The fourth-order valence-electron chi connectivity index (χ4n) is 2.09. The van der Waals surface area contributed by atoms with Crippen molar-refractivity contribution in [1.29, 1.82) is 5.26 Å². The summed E-state index contributed by atoms with van der Waals surface area (Å²) >= 11 is 6.05. The SMILES string of the molecule is Cc1c(Cl)cccc1N(CC=O)S(=O)(=O)c1ccc(C#N)cc1. The third-order valence-corrected chi connectivity index (χ3v) is 5.52. The first-order valence-corrected chi connectivity index (χ1v) is 8.45. The molecule has 0 aliphatic heterocycles. The van der Waals surface area contributed by atoms with Gasteiger partial charge in [-0.05, 0) is 48.9 Å². The molecule has 0 unspecified atom stereocenters. The topological polar surface area (TPSA) is 78.2 Å². The quantitative estimate of drug-likeness (QED) is 0.778. The van der Waals surface area contributed by atoms with Crippen LogP contribution in [0.5, 0.6) is 0 Å². The summed E-state index contributed by atoms with van der Waals surface area (Å²) in [6.45, 7) is 1.35. The second-order valence-corrected chi connectivity index (χ2v) is 6.99. The molecule has 5 nitrogen and oxygen atoms in total. The molecule has 0 spiro atoms. The van der Waals surface area contributed by atoms with Crippen LogP contribution >= 0.6 is 11.6 Å². The van der Waals surface area contributed by atoms with Crippen molar-refractivity contribution in [2.45, 2.75) is 11.8 Å². The van der Waals surface area contributed by atoms with Gasteiger partial charge in [0, 0.05) is 5.02 Å². The van der Waals surface area contributed by atoms with E-state index in [1.165, 1.54) is 24.3 Å². The van der Waals surface area contributed by atoms with E-state index in [9.17, 15) is 13.2 Å². The summed E-state index contributed by atoms with van der Waals surface area (Å²) in [4.78, 5) is 11.0. The zero-order valence-corrected chi connectivity index (χ0v) is 13.8.